The Kier molecular flexibility index (Phi) is 11.1. The smallest absolute Gasteiger partial charge is 0.390 e. The molecule has 0 radical (unpaired) electrons. The van der Waals surface area contributed by atoms with Crippen molar-refractivity contribution in [2.75, 3.05) is 35.0 Å². The van der Waals surface area contributed by atoms with Gasteiger partial charge in [-0.25, -0.2) is 0 Å². The number of hydrogen-bond acceptors (Lipinski definition) is 7. The lowest BCUT2D eigenvalue weighted by Crippen LogP contribution is -2.51. The third kappa shape index (κ3) is 9.14. The fourth-order valence-electron chi connectivity index (χ4n) is 5.39. The molecule has 45 heavy (non-hydrogen) atoms. The van der Waals surface area contributed by atoms with E-state index >= 15 is 0 Å². The van der Waals surface area contributed by atoms with Crippen LogP contribution in [0.25, 0.3) is 0 Å². The van der Waals surface area contributed by atoms with E-state index < -0.39 is 46.1 Å². The second-order valence-corrected chi connectivity index (χ2v) is 14.0. The zero-order chi connectivity index (χ0) is 32.8. The van der Waals surface area contributed by atoms with Gasteiger partial charge in [-0.1, -0.05) is 42.5 Å². The maximum Gasteiger partial charge on any atom is 0.416 e. The summed E-state index contributed by atoms with van der Waals surface area (Å²) in [4.78, 5) is 13.7. The highest BCUT2D eigenvalue weighted by atomic mass is 32.3. The second-order valence-electron chi connectivity index (χ2n) is 11.9. The van der Waals surface area contributed by atoms with Crippen molar-refractivity contribution in [3.05, 3.63) is 95.1 Å². The Morgan fingerprint density at radius 1 is 0.978 bits per heavy atom. The Morgan fingerprint density at radius 3 is 2.36 bits per heavy atom. The van der Waals surface area contributed by atoms with E-state index in [-0.39, 0.29) is 17.9 Å². The molecule has 3 aromatic carbocycles. The molecule has 12 heteroatoms. The summed E-state index contributed by atoms with van der Waals surface area (Å²) < 4.78 is 63.1. The standard InChI is InChI=1S/C33H43F3N4O4S/c1-4-37-27-18-24(19-28(21-27)40-15-8-9-16-45(40,43)44)31(42)39-29(17-23-11-6-5-7-12-23)30(41)22-38-32(2,3)25-13-10-14-26(20-25)33(34,35)36/h5-7,10-14,18-21,29-30,37-38,41,43-44H,4,8-9,15-17,22H2,1-3H3,(H,39,42)/t29-,30-/m0/s1. The van der Waals surface area contributed by atoms with Crippen LogP contribution >= 0.6 is 10.8 Å². The van der Waals surface area contributed by atoms with Crippen LogP contribution < -0.4 is 20.3 Å². The number of aliphatic hydroxyl groups excluding tert-OH is 1. The summed E-state index contributed by atoms with van der Waals surface area (Å²) in [6.45, 7) is 6.40. The van der Waals surface area contributed by atoms with E-state index in [0.29, 0.717) is 42.9 Å². The predicted octanol–water partition coefficient (Wildman–Crippen LogP) is 6.63. The molecule has 0 aliphatic carbocycles. The molecule has 8 nitrogen and oxygen atoms in total. The minimum Gasteiger partial charge on any atom is -0.390 e. The monoisotopic (exact) mass is 648 g/mol. The van der Waals surface area contributed by atoms with Gasteiger partial charge in [-0.15, -0.1) is 10.8 Å². The Hall–Kier alpha value is -3.29. The summed E-state index contributed by atoms with van der Waals surface area (Å²) in [5.74, 6) is -0.198. The summed E-state index contributed by atoms with van der Waals surface area (Å²) >= 11 is 0. The van der Waals surface area contributed by atoms with Gasteiger partial charge in [0, 0.05) is 36.4 Å². The summed E-state index contributed by atoms with van der Waals surface area (Å²) in [5, 5.41) is 20.7. The number of amides is 1. The molecule has 1 amide bonds. The zero-order valence-corrected chi connectivity index (χ0v) is 26.6. The minimum absolute atomic E-state index is 0.0155. The summed E-state index contributed by atoms with van der Waals surface area (Å²) in [5.41, 5.74) is 1.05. The number of carbonyl (C=O) groups excluding carboxylic acids is 1. The van der Waals surface area contributed by atoms with Crippen molar-refractivity contribution in [2.45, 2.75) is 63.9 Å². The van der Waals surface area contributed by atoms with Gasteiger partial charge in [0.2, 0.25) is 0 Å². The normalized spacial score (nSPS) is 17.3. The highest BCUT2D eigenvalue weighted by Crippen LogP contribution is 2.50. The molecule has 1 aliphatic rings. The molecule has 0 unspecified atom stereocenters. The molecule has 6 N–H and O–H groups in total. The van der Waals surface area contributed by atoms with Crippen molar-refractivity contribution >= 4 is 28.1 Å². The van der Waals surface area contributed by atoms with Gasteiger partial charge in [0.05, 0.1) is 29.1 Å². The molecule has 1 aliphatic heterocycles. The molecule has 0 aromatic heterocycles. The fraction of sp³-hybridized carbons (Fsp3) is 0.424. The van der Waals surface area contributed by atoms with E-state index in [1.807, 2.05) is 37.3 Å². The maximum absolute atomic E-state index is 13.7. The third-order valence-electron chi connectivity index (χ3n) is 7.98. The molecule has 3 aromatic rings. The number of aliphatic hydroxyl groups is 1. The first-order valence-electron chi connectivity index (χ1n) is 15.1. The van der Waals surface area contributed by atoms with Crippen molar-refractivity contribution in [2.24, 2.45) is 0 Å². The Balaban J connectivity index is 1.57. The number of carbonyl (C=O) groups is 1. The van der Waals surface area contributed by atoms with Crippen LogP contribution in [0.15, 0.2) is 72.8 Å². The van der Waals surface area contributed by atoms with Crippen molar-refractivity contribution in [1.82, 2.24) is 10.6 Å². The predicted molar refractivity (Wildman–Crippen MR) is 175 cm³/mol. The number of nitrogens with one attached hydrogen (secondary N) is 3. The van der Waals surface area contributed by atoms with E-state index in [0.717, 1.165) is 24.1 Å². The topological polar surface area (TPSA) is 117 Å². The second kappa shape index (κ2) is 14.4. The van der Waals surface area contributed by atoms with Crippen LogP contribution in [-0.2, 0) is 18.1 Å². The van der Waals surface area contributed by atoms with Gasteiger partial charge in [0.25, 0.3) is 5.91 Å². The van der Waals surface area contributed by atoms with Gasteiger partial charge in [0.15, 0.2) is 0 Å². The number of alkyl halides is 3. The van der Waals surface area contributed by atoms with Gasteiger partial charge in [-0.05, 0) is 81.5 Å². The molecule has 2 atom stereocenters. The lowest BCUT2D eigenvalue weighted by Gasteiger charge is -2.47. The largest absolute Gasteiger partial charge is 0.416 e. The molecule has 1 fully saturated rings. The number of nitrogens with zero attached hydrogens (tertiary/aromatic N) is 1. The van der Waals surface area contributed by atoms with Crippen LogP contribution in [0.1, 0.15) is 60.7 Å². The molecular formula is C33H43F3N4O4S. The molecule has 0 saturated carbocycles. The highest BCUT2D eigenvalue weighted by Gasteiger charge is 2.33. The molecule has 0 spiro atoms. The SMILES string of the molecule is CCNc1cc(C(=O)N[C@@H](Cc2ccccc2)[C@@H](O)CNC(C)(C)c2cccc(C(F)(F)F)c2)cc(N2CCCCS2(O)O)c1. The highest BCUT2D eigenvalue weighted by molar-refractivity contribution is 8.25. The van der Waals surface area contributed by atoms with Crippen molar-refractivity contribution in [3.63, 3.8) is 0 Å². The lowest BCUT2D eigenvalue weighted by molar-refractivity contribution is -0.137. The van der Waals surface area contributed by atoms with Crippen molar-refractivity contribution in [1.29, 1.82) is 0 Å². The molecular weight excluding hydrogens is 605 g/mol. The average Bonchev–Trinajstić information content (AvgIpc) is 2.99. The van der Waals surface area contributed by atoms with Crippen LogP contribution in [-0.4, -0.2) is 57.7 Å². The van der Waals surface area contributed by atoms with E-state index in [2.05, 4.69) is 16.0 Å². The first-order valence-corrected chi connectivity index (χ1v) is 16.7. The van der Waals surface area contributed by atoms with E-state index in [4.69, 9.17) is 0 Å². The maximum atomic E-state index is 13.7. The molecule has 4 rings (SSSR count). The number of halogens is 3. The van der Waals surface area contributed by atoms with Crippen LogP contribution in [0.3, 0.4) is 0 Å². The van der Waals surface area contributed by atoms with E-state index in [1.54, 1.807) is 42.4 Å². The quantitative estimate of drug-likeness (QED) is 0.131. The Bertz CT molecular complexity index is 1440. The van der Waals surface area contributed by atoms with Gasteiger partial charge in [0.1, 0.15) is 0 Å². The number of rotatable bonds is 12. The lowest BCUT2D eigenvalue weighted by atomic mass is 9.92. The first kappa shape index (κ1) is 34.6. The van der Waals surface area contributed by atoms with Crippen molar-refractivity contribution < 1.29 is 32.2 Å². The Morgan fingerprint density at radius 2 is 1.69 bits per heavy atom. The van der Waals surface area contributed by atoms with Gasteiger partial charge in [-0.2, -0.15) is 13.2 Å². The first-order chi connectivity index (χ1) is 21.2. The van der Waals surface area contributed by atoms with Crippen LogP contribution in [0.5, 0.6) is 0 Å². The van der Waals surface area contributed by atoms with Crippen LogP contribution in [0.4, 0.5) is 24.5 Å². The summed E-state index contributed by atoms with van der Waals surface area (Å²) in [7, 11) is -3.02. The van der Waals surface area contributed by atoms with Crippen LogP contribution in [0, 0.1) is 0 Å². The number of anilines is 2. The summed E-state index contributed by atoms with van der Waals surface area (Å²) in [6, 6.07) is 18.8. The van der Waals surface area contributed by atoms with Gasteiger partial charge in [-0.3, -0.25) is 18.2 Å². The Labute approximate surface area is 264 Å². The van der Waals surface area contributed by atoms with Crippen LogP contribution in [0.2, 0.25) is 0 Å². The van der Waals surface area contributed by atoms with E-state index in [9.17, 15) is 32.2 Å². The average molecular weight is 649 g/mol. The molecule has 1 heterocycles. The summed E-state index contributed by atoms with van der Waals surface area (Å²) in [6.07, 6.45) is -3.79. The number of benzene rings is 3. The van der Waals surface area contributed by atoms with E-state index in [1.165, 1.54) is 6.07 Å². The fourth-order valence-corrected chi connectivity index (χ4v) is 7.07. The minimum atomic E-state index is -4.48. The van der Waals surface area contributed by atoms with Gasteiger partial charge < -0.3 is 21.1 Å². The molecule has 246 valence electrons. The third-order valence-corrected chi connectivity index (χ3v) is 9.91. The molecule has 0 bridgehead atoms. The van der Waals surface area contributed by atoms with Crippen molar-refractivity contribution in [3.8, 4) is 0 Å². The van der Waals surface area contributed by atoms with Gasteiger partial charge >= 0.3 is 6.18 Å². The zero-order valence-electron chi connectivity index (χ0n) is 25.8. The molecule has 1 saturated heterocycles. The number of hydrogen-bond donors (Lipinski definition) is 6.